The van der Waals surface area contributed by atoms with Crippen molar-refractivity contribution < 1.29 is 9.53 Å². The molecular weight excluding hydrogens is 266 g/mol. The van der Waals surface area contributed by atoms with Gasteiger partial charge in [0.05, 0.1) is 12.3 Å². The minimum absolute atomic E-state index is 0.0789. The maximum absolute atomic E-state index is 12.4. The van der Waals surface area contributed by atoms with E-state index >= 15 is 0 Å². The maximum atomic E-state index is 12.4. The van der Waals surface area contributed by atoms with Crippen LogP contribution < -0.4 is 10.1 Å². The van der Waals surface area contributed by atoms with Crippen molar-refractivity contribution in [2.45, 2.75) is 40.0 Å². The largest absolute Gasteiger partial charge is 0.490 e. The van der Waals surface area contributed by atoms with Gasteiger partial charge in [-0.1, -0.05) is 19.8 Å². The van der Waals surface area contributed by atoms with Gasteiger partial charge in [-0.3, -0.25) is 9.20 Å². The Kier molecular flexibility index (Phi) is 5.20. The molecule has 0 aromatic carbocycles. The van der Waals surface area contributed by atoms with Crippen LogP contribution in [-0.2, 0) is 0 Å². The van der Waals surface area contributed by atoms with Gasteiger partial charge in [0.2, 0.25) is 0 Å². The fourth-order valence-electron chi connectivity index (χ4n) is 2.36. The van der Waals surface area contributed by atoms with Crippen molar-refractivity contribution in [1.29, 1.82) is 0 Å². The van der Waals surface area contributed by atoms with E-state index in [2.05, 4.69) is 17.2 Å². The van der Waals surface area contributed by atoms with Gasteiger partial charge >= 0.3 is 0 Å². The SMILES string of the molecule is CCCCCNC(=O)c1c(C)nc2c(OCC)cccn12. The molecule has 0 bridgehead atoms. The van der Waals surface area contributed by atoms with Crippen LogP contribution in [0.5, 0.6) is 5.75 Å². The Labute approximate surface area is 125 Å². The fourth-order valence-corrected chi connectivity index (χ4v) is 2.36. The lowest BCUT2D eigenvalue weighted by Crippen LogP contribution is -2.26. The predicted molar refractivity (Wildman–Crippen MR) is 83.0 cm³/mol. The summed E-state index contributed by atoms with van der Waals surface area (Å²) in [6.07, 6.45) is 5.12. The molecule has 0 spiro atoms. The molecular formula is C16H23N3O2. The van der Waals surface area contributed by atoms with Crippen LogP contribution in [0.25, 0.3) is 5.65 Å². The maximum Gasteiger partial charge on any atom is 0.270 e. The molecule has 0 unspecified atom stereocenters. The highest BCUT2D eigenvalue weighted by Crippen LogP contribution is 2.21. The number of hydrogen-bond donors (Lipinski definition) is 1. The van der Waals surface area contributed by atoms with Gasteiger partial charge in [0.1, 0.15) is 5.69 Å². The van der Waals surface area contributed by atoms with E-state index in [0.29, 0.717) is 30.2 Å². The normalized spacial score (nSPS) is 10.8. The number of pyridine rings is 1. The second-order valence-electron chi connectivity index (χ2n) is 5.01. The van der Waals surface area contributed by atoms with Crippen molar-refractivity contribution in [2.75, 3.05) is 13.2 Å². The summed E-state index contributed by atoms with van der Waals surface area (Å²) in [5.41, 5.74) is 1.99. The molecule has 0 saturated heterocycles. The molecule has 2 aromatic rings. The summed E-state index contributed by atoms with van der Waals surface area (Å²) in [6.45, 7) is 7.20. The smallest absolute Gasteiger partial charge is 0.270 e. The number of fused-ring (bicyclic) bond motifs is 1. The van der Waals surface area contributed by atoms with E-state index in [1.54, 1.807) is 4.40 Å². The minimum Gasteiger partial charge on any atom is -0.490 e. The number of ether oxygens (including phenoxy) is 1. The second kappa shape index (κ2) is 7.11. The molecule has 114 valence electrons. The first-order chi connectivity index (χ1) is 10.2. The first-order valence-electron chi connectivity index (χ1n) is 7.57. The Morgan fingerprint density at radius 3 is 2.90 bits per heavy atom. The van der Waals surface area contributed by atoms with Crippen molar-refractivity contribution in [2.24, 2.45) is 0 Å². The van der Waals surface area contributed by atoms with Crippen molar-refractivity contribution in [3.8, 4) is 5.75 Å². The van der Waals surface area contributed by atoms with Gasteiger partial charge in [0.25, 0.3) is 5.91 Å². The van der Waals surface area contributed by atoms with Crippen LogP contribution in [0.3, 0.4) is 0 Å². The lowest BCUT2D eigenvalue weighted by atomic mass is 10.2. The Bertz CT molecular complexity index is 619. The summed E-state index contributed by atoms with van der Waals surface area (Å²) >= 11 is 0. The predicted octanol–water partition coefficient (Wildman–Crippen LogP) is 2.96. The molecule has 0 aliphatic carbocycles. The van der Waals surface area contributed by atoms with Gasteiger partial charge in [-0.2, -0.15) is 0 Å². The van der Waals surface area contributed by atoms with Crippen LogP contribution >= 0.6 is 0 Å². The lowest BCUT2D eigenvalue weighted by Gasteiger charge is -2.07. The van der Waals surface area contributed by atoms with E-state index in [1.165, 1.54) is 0 Å². The topological polar surface area (TPSA) is 55.6 Å². The minimum atomic E-state index is -0.0789. The van der Waals surface area contributed by atoms with E-state index in [1.807, 2.05) is 32.2 Å². The Morgan fingerprint density at radius 1 is 1.38 bits per heavy atom. The molecule has 2 heterocycles. The molecule has 0 fully saturated rings. The van der Waals surface area contributed by atoms with Crippen molar-refractivity contribution >= 4 is 11.6 Å². The summed E-state index contributed by atoms with van der Waals surface area (Å²) < 4.78 is 7.37. The van der Waals surface area contributed by atoms with Gasteiger partial charge in [0.15, 0.2) is 11.4 Å². The molecule has 2 aromatic heterocycles. The molecule has 1 amide bonds. The van der Waals surface area contributed by atoms with E-state index in [9.17, 15) is 4.79 Å². The van der Waals surface area contributed by atoms with Gasteiger partial charge in [-0.05, 0) is 32.4 Å². The molecule has 0 atom stereocenters. The average Bonchev–Trinajstić information content (AvgIpc) is 2.81. The van der Waals surface area contributed by atoms with Gasteiger partial charge in [0, 0.05) is 12.7 Å². The monoisotopic (exact) mass is 289 g/mol. The summed E-state index contributed by atoms with van der Waals surface area (Å²) in [4.78, 5) is 16.8. The van der Waals surface area contributed by atoms with E-state index < -0.39 is 0 Å². The van der Waals surface area contributed by atoms with E-state index in [-0.39, 0.29) is 5.91 Å². The third-order valence-corrected chi connectivity index (χ3v) is 3.37. The molecule has 0 radical (unpaired) electrons. The van der Waals surface area contributed by atoms with Gasteiger partial charge in [-0.15, -0.1) is 0 Å². The highest BCUT2D eigenvalue weighted by molar-refractivity contribution is 5.94. The number of nitrogens with one attached hydrogen (secondary N) is 1. The summed E-state index contributed by atoms with van der Waals surface area (Å²) in [5, 5.41) is 2.96. The third kappa shape index (κ3) is 3.35. The van der Waals surface area contributed by atoms with Crippen LogP contribution in [0, 0.1) is 6.92 Å². The third-order valence-electron chi connectivity index (χ3n) is 3.37. The summed E-state index contributed by atoms with van der Waals surface area (Å²) in [7, 11) is 0. The van der Waals surface area contributed by atoms with Crippen LogP contribution in [0.4, 0.5) is 0 Å². The molecule has 2 rings (SSSR count). The number of amides is 1. The number of carbonyl (C=O) groups excluding carboxylic acids is 1. The number of rotatable bonds is 7. The molecule has 0 aliphatic heterocycles. The Balaban J connectivity index is 2.25. The number of nitrogens with zero attached hydrogens (tertiary/aromatic N) is 2. The molecule has 5 nitrogen and oxygen atoms in total. The van der Waals surface area contributed by atoms with Crippen LogP contribution in [0.2, 0.25) is 0 Å². The number of carbonyl (C=O) groups is 1. The van der Waals surface area contributed by atoms with E-state index in [4.69, 9.17) is 4.74 Å². The Morgan fingerprint density at radius 2 is 2.19 bits per heavy atom. The zero-order valence-electron chi connectivity index (χ0n) is 13.0. The van der Waals surface area contributed by atoms with Gasteiger partial charge < -0.3 is 10.1 Å². The number of hydrogen-bond acceptors (Lipinski definition) is 3. The number of aryl methyl sites for hydroxylation is 1. The van der Waals surface area contributed by atoms with Crippen LogP contribution in [0.1, 0.15) is 49.3 Å². The highest BCUT2D eigenvalue weighted by Gasteiger charge is 2.18. The number of imidazole rings is 1. The first kappa shape index (κ1) is 15.4. The standard InChI is InChI=1S/C16H23N3O2/c1-4-6-7-10-17-16(20)14-12(3)18-15-13(21-5-2)9-8-11-19(14)15/h8-9,11H,4-7,10H2,1-3H3,(H,17,20). The fraction of sp³-hybridized carbons (Fsp3) is 0.500. The van der Waals surface area contributed by atoms with Gasteiger partial charge in [-0.25, -0.2) is 4.98 Å². The molecule has 1 N–H and O–H groups in total. The van der Waals surface area contributed by atoms with E-state index in [0.717, 1.165) is 25.0 Å². The summed E-state index contributed by atoms with van der Waals surface area (Å²) in [6, 6.07) is 3.74. The molecule has 21 heavy (non-hydrogen) atoms. The van der Waals surface area contributed by atoms with Crippen LogP contribution in [0.15, 0.2) is 18.3 Å². The summed E-state index contributed by atoms with van der Waals surface area (Å²) in [5.74, 6) is 0.623. The van der Waals surface area contributed by atoms with Crippen molar-refractivity contribution in [3.63, 3.8) is 0 Å². The molecule has 0 saturated carbocycles. The molecule has 5 heteroatoms. The number of unbranched alkanes of at least 4 members (excludes halogenated alkanes) is 2. The second-order valence-corrected chi connectivity index (χ2v) is 5.01. The first-order valence-corrected chi connectivity index (χ1v) is 7.57. The zero-order valence-corrected chi connectivity index (χ0v) is 13.0. The molecule has 0 aliphatic rings. The van der Waals surface area contributed by atoms with Crippen LogP contribution in [-0.4, -0.2) is 28.4 Å². The number of aromatic nitrogens is 2. The average molecular weight is 289 g/mol. The van der Waals surface area contributed by atoms with Crippen molar-refractivity contribution in [3.05, 3.63) is 29.7 Å². The quantitative estimate of drug-likeness (QED) is 0.797. The Hall–Kier alpha value is -2.04. The van der Waals surface area contributed by atoms with Crippen molar-refractivity contribution in [1.82, 2.24) is 14.7 Å². The lowest BCUT2D eigenvalue weighted by molar-refractivity contribution is 0.0946. The highest BCUT2D eigenvalue weighted by atomic mass is 16.5. The zero-order chi connectivity index (χ0) is 15.2.